The lowest BCUT2D eigenvalue weighted by atomic mass is 9.75. The molecule has 0 N–H and O–H groups in total. The Morgan fingerprint density at radius 1 is 0.970 bits per heavy atom. The fourth-order valence-electron chi connectivity index (χ4n) is 4.85. The van der Waals surface area contributed by atoms with Crippen LogP contribution in [0, 0.1) is 5.92 Å². The molecule has 0 saturated carbocycles. The van der Waals surface area contributed by atoms with Crippen LogP contribution < -0.4 is 9.64 Å². The Labute approximate surface area is 202 Å². The van der Waals surface area contributed by atoms with Crippen molar-refractivity contribution in [1.82, 2.24) is 0 Å². The van der Waals surface area contributed by atoms with E-state index in [1.807, 2.05) is 78.9 Å². The molecule has 1 aliphatic heterocycles. The number of ketones is 1. The summed E-state index contributed by atoms with van der Waals surface area (Å²) in [5.74, 6) is 0.119. The first-order valence-electron chi connectivity index (χ1n) is 10.8. The Morgan fingerprint density at radius 3 is 2.24 bits per heavy atom. The van der Waals surface area contributed by atoms with Gasteiger partial charge in [-0.3, -0.25) is 4.79 Å². The second kappa shape index (κ2) is 9.79. The van der Waals surface area contributed by atoms with E-state index in [1.165, 1.54) is 7.11 Å². The molecule has 3 aromatic rings. The summed E-state index contributed by atoms with van der Waals surface area (Å²) in [6, 6.07) is 24.6. The van der Waals surface area contributed by atoms with E-state index in [0.29, 0.717) is 18.5 Å². The Bertz CT molecular complexity index is 1120. The molecule has 4 rings (SSSR count). The zero-order chi connectivity index (χ0) is 23.4. The van der Waals surface area contributed by atoms with Gasteiger partial charge in [-0.1, -0.05) is 58.4 Å². The van der Waals surface area contributed by atoms with Crippen molar-refractivity contribution in [1.29, 1.82) is 0 Å². The summed E-state index contributed by atoms with van der Waals surface area (Å²) >= 11 is 3.49. The van der Waals surface area contributed by atoms with Crippen LogP contribution in [0.1, 0.15) is 28.8 Å². The number of hydrogen-bond acceptors (Lipinski definition) is 5. The molecule has 0 aliphatic carbocycles. The lowest BCUT2D eigenvalue weighted by Crippen LogP contribution is -2.53. The van der Waals surface area contributed by atoms with E-state index in [2.05, 4.69) is 20.8 Å². The summed E-state index contributed by atoms with van der Waals surface area (Å²) in [7, 11) is 3.03. The standard InChI is InChI=1S/C27H26BrNO4/c1-32-24-14-12-23(13-15-24)29-17-16-21(18-25(30)19-6-4-3-5-7-19)27(29,26(31)33-2)20-8-10-22(28)11-9-20/h3-15,21H,16-18H2,1-2H3/t21-,27-/m0/s1. The van der Waals surface area contributed by atoms with Crippen molar-refractivity contribution in [2.45, 2.75) is 18.4 Å². The molecule has 0 spiro atoms. The van der Waals surface area contributed by atoms with E-state index in [1.54, 1.807) is 7.11 Å². The van der Waals surface area contributed by atoms with Gasteiger partial charge in [0.2, 0.25) is 0 Å². The van der Waals surface area contributed by atoms with E-state index in [4.69, 9.17) is 9.47 Å². The van der Waals surface area contributed by atoms with Gasteiger partial charge in [-0.2, -0.15) is 0 Å². The lowest BCUT2D eigenvalue weighted by molar-refractivity contribution is -0.149. The monoisotopic (exact) mass is 507 g/mol. The van der Waals surface area contributed by atoms with E-state index >= 15 is 0 Å². The van der Waals surface area contributed by atoms with E-state index in [0.717, 1.165) is 21.5 Å². The molecule has 5 nitrogen and oxygen atoms in total. The summed E-state index contributed by atoms with van der Waals surface area (Å²) in [4.78, 5) is 28.9. The molecule has 6 heteroatoms. The summed E-state index contributed by atoms with van der Waals surface area (Å²) in [6.07, 6.45) is 0.914. The summed E-state index contributed by atoms with van der Waals surface area (Å²) in [6.45, 7) is 0.615. The van der Waals surface area contributed by atoms with Gasteiger partial charge in [0.1, 0.15) is 5.75 Å². The van der Waals surface area contributed by atoms with Crippen LogP contribution in [-0.2, 0) is 15.1 Å². The average Bonchev–Trinajstić information content (AvgIpc) is 3.24. The Kier molecular flexibility index (Phi) is 6.84. The highest BCUT2D eigenvalue weighted by molar-refractivity contribution is 9.10. The average molecular weight is 508 g/mol. The van der Waals surface area contributed by atoms with Crippen LogP contribution in [0.25, 0.3) is 0 Å². The first kappa shape index (κ1) is 23.1. The largest absolute Gasteiger partial charge is 0.497 e. The number of carbonyl (C=O) groups excluding carboxylic acids is 2. The van der Waals surface area contributed by atoms with Gasteiger partial charge in [0, 0.05) is 34.6 Å². The second-order valence-corrected chi connectivity index (χ2v) is 9.01. The van der Waals surface area contributed by atoms with E-state index in [-0.39, 0.29) is 24.1 Å². The summed E-state index contributed by atoms with van der Waals surface area (Å²) in [5.41, 5.74) is 1.19. The van der Waals surface area contributed by atoms with Crippen LogP contribution in [-0.4, -0.2) is 32.5 Å². The highest BCUT2D eigenvalue weighted by atomic mass is 79.9. The third-order valence-corrected chi connectivity index (χ3v) is 6.94. The zero-order valence-electron chi connectivity index (χ0n) is 18.7. The molecule has 1 fully saturated rings. The second-order valence-electron chi connectivity index (χ2n) is 8.09. The van der Waals surface area contributed by atoms with Crippen molar-refractivity contribution in [3.8, 4) is 5.75 Å². The summed E-state index contributed by atoms with van der Waals surface area (Å²) in [5, 5.41) is 0. The predicted octanol–water partition coefficient (Wildman–Crippen LogP) is 5.63. The van der Waals surface area contributed by atoms with Crippen molar-refractivity contribution < 1.29 is 19.1 Å². The van der Waals surface area contributed by atoms with Crippen LogP contribution in [0.4, 0.5) is 5.69 Å². The minimum Gasteiger partial charge on any atom is -0.497 e. The van der Waals surface area contributed by atoms with Gasteiger partial charge < -0.3 is 14.4 Å². The Hall–Kier alpha value is -3.12. The zero-order valence-corrected chi connectivity index (χ0v) is 20.2. The first-order chi connectivity index (χ1) is 16.0. The van der Waals surface area contributed by atoms with Gasteiger partial charge in [-0.15, -0.1) is 0 Å². The molecular formula is C27H26BrNO4. The molecule has 3 aromatic carbocycles. The van der Waals surface area contributed by atoms with Crippen molar-refractivity contribution in [3.05, 3.63) is 94.5 Å². The van der Waals surface area contributed by atoms with Gasteiger partial charge in [0.05, 0.1) is 14.2 Å². The quantitative estimate of drug-likeness (QED) is 0.306. The number of benzene rings is 3. The fraction of sp³-hybridized carbons (Fsp3) is 0.259. The molecule has 0 amide bonds. The molecular weight excluding hydrogens is 482 g/mol. The maximum Gasteiger partial charge on any atom is 0.336 e. The minimum absolute atomic E-state index is 0.0163. The predicted molar refractivity (Wildman–Crippen MR) is 132 cm³/mol. The number of rotatable bonds is 7. The lowest BCUT2D eigenvalue weighted by Gasteiger charge is -2.41. The number of halogens is 1. The molecule has 2 atom stereocenters. The SMILES string of the molecule is COC(=O)[C@]1(c2ccc(Br)cc2)[C@H](CC(=O)c2ccccc2)CCN1c1ccc(OC)cc1. The number of carbonyl (C=O) groups is 2. The number of esters is 1. The van der Waals surface area contributed by atoms with Crippen LogP contribution in [0.3, 0.4) is 0 Å². The van der Waals surface area contributed by atoms with Crippen molar-refractivity contribution >= 4 is 33.4 Å². The molecule has 170 valence electrons. The molecule has 33 heavy (non-hydrogen) atoms. The van der Waals surface area contributed by atoms with Crippen LogP contribution in [0.5, 0.6) is 5.75 Å². The van der Waals surface area contributed by atoms with Gasteiger partial charge in [-0.05, 0) is 48.4 Å². The van der Waals surface area contributed by atoms with E-state index in [9.17, 15) is 9.59 Å². The third-order valence-electron chi connectivity index (χ3n) is 6.41. The van der Waals surface area contributed by atoms with E-state index < -0.39 is 5.54 Å². The van der Waals surface area contributed by atoms with Gasteiger partial charge in [0.25, 0.3) is 0 Å². The Balaban J connectivity index is 1.83. The van der Waals surface area contributed by atoms with Crippen LogP contribution in [0.15, 0.2) is 83.3 Å². The number of hydrogen-bond donors (Lipinski definition) is 0. The Morgan fingerprint density at radius 2 is 1.64 bits per heavy atom. The molecule has 0 bridgehead atoms. The van der Waals surface area contributed by atoms with Gasteiger partial charge in [0.15, 0.2) is 11.3 Å². The van der Waals surface area contributed by atoms with Crippen LogP contribution >= 0.6 is 15.9 Å². The maximum absolute atomic E-state index is 13.6. The molecule has 0 aromatic heterocycles. The topological polar surface area (TPSA) is 55.8 Å². The number of nitrogens with zero attached hydrogens (tertiary/aromatic N) is 1. The van der Waals surface area contributed by atoms with Crippen molar-refractivity contribution in [3.63, 3.8) is 0 Å². The van der Waals surface area contributed by atoms with Crippen molar-refractivity contribution in [2.75, 3.05) is 25.7 Å². The number of ether oxygens (including phenoxy) is 2. The number of methoxy groups -OCH3 is 2. The molecule has 1 aliphatic rings. The fourth-order valence-corrected chi connectivity index (χ4v) is 5.11. The van der Waals surface area contributed by atoms with Gasteiger partial charge >= 0.3 is 5.97 Å². The first-order valence-corrected chi connectivity index (χ1v) is 11.6. The summed E-state index contributed by atoms with van der Waals surface area (Å²) < 4.78 is 11.6. The number of Topliss-reactive ketones (excluding diaryl/α,β-unsaturated/α-hetero) is 1. The highest BCUT2D eigenvalue weighted by Crippen LogP contribution is 2.49. The van der Waals surface area contributed by atoms with Gasteiger partial charge in [-0.25, -0.2) is 4.79 Å². The van der Waals surface area contributed by atoms with Crippen LogP contribution in [0.2, 0.25) is 0 Å². The minimum atomic E-state index is -1.13. The molecule has 0 radical (unpaired) electrons. The normalized spacial score (nSPS) is 19.8. The number of anilines is 1. The molecule has 0 unspecified atom stereocenters. The smallest absolute Gasteiger partial charge is 0.336 e. The maximum atomic E-state index is 13.6. The van der Waals surface area contributed by atoms with Crippen molar-refractivity contribution in [2.24, 2.45) is 5.92 Å². The highest BCUT2D eigenvalue weighted by Gasteiger charge is 2.57. The molecule has 1 heterocycles. The molecule has 1 saturated heterocycles. The third kappa shape index (κ3) is 4.27.